The molecule has 31 heavy (non-hydrogen) atoms. The summed E-state index contributed by atoms with van der Waals surface area (Å²) in [7, 11) is 0. The summed E-state index contributed by atoms with van der Waals surface area (Å²) >= 11 is 0. The van der Waals surface area contributed by atoms with E-state index in [1.807, 2.05) is 6.07 Å². The van der Waals surface area contributed by atoms with Crippen LogP contribution in [0.1, 0.15) is 48.8 Å². The Labute approximate surface area is 185 Å². The average molecular weight is 419 g/mol. The highest BCUT2D eigenvalue weighted by atomic mass is 16.5. The van der Waals surface area contributed by atoms with E-state index in [1.165, 1.54) is 36.1 Å². The smallest absolute Gasteiger partial charge is 0.120 e. The number of rotatable bonds is 5. The van der Waals surface area contributed by atoms with Gasteiger partial charge in [-0.05, 0) is 92.9 Å². The first-order valence-electron chi connectivity index (χ1n) is 12.2. The van der Waals surface area contributed by atoms with E-state index in [4.69, 9.17) is 4.74 Å². The van der Waals surface area contributed by atoms with E-state index in [2.05, 4.69) is 52.7 Å². The first-order chi connectivity index (χ1) is 15.2. The topological polar surface area (TPSA) is 44.7 Å². The summed E-state index contributed by atoms with van der Waals surface area (Å²) in [5.74, 6) is 1.78. The Morgan fingerprint density at radius 1 is 1.03 bits per heavy atom. The third-order valence-electron chi connectivity index (χ3n) is 8.51. The van der Waals surface area contributed by atoms with Gasteiger partial charge in [0, 0.05) is 18.0 Å². The van der Waals surface area contributed by atoms with Gasteiger partial charge in [-0.25, -0.2) is 0 Å². The molecule has 1 saturated carbocycles. The molecule has 0 aromatic heterocycles. The third-order valence-corrected chi connectivity index (χ3v) is 8.51. The Morgan fingerprint density at radius 2 is 1.87 bits per heavy atom. The van der Waals surface area contributed by atoms with Crippen LogP contribution in [-0.2, 0) is 18.4 Å². The van der Waals surface area contributed by atoms with Crippen molar-refractivity contribution in [1.29, 1.82) is 0 Å². The standard InChI is InChI=1S/C27H34N2O2/c30-27-11-14-28-13-10-26(27)12-15-29(18-20-6-7-20)25(27)16-22-8-9-23(17-24(22)26)31-19-21-4-2-1-3-5-21/h1-5,8-9,17,20,25,28,30H,6-7,10-16,18-19H2/t25-,26+,27-/m1/s1. The number of likely N-dealkylation sites (tertiary alicyclic amines) is 1. The van der Waals surface area contributed by atoms with Crippen LogP contribution in [-0.4, -0.2) is 47.8 Å². The van der Waals surface area contributed by atoms with Gasteiger partial charge in [-0.3, -0.25) is 4.90 Å². The minimum Gasteiger partial charge on any atom is -0.489 e. The van der Waals surface area contributed by atoms with Crippen molar-refractivity contribution in [2.45, 2.75) is 62.2 Å². The van der Waals surface area contributed by atoms with Gasteiger partial charge in [0.1, 0.15) is 12.4 Å². The van der Waals surface area contributed by atoms with E-state index >= 15 is 0 Å². The number of hydrogen-bond donors (Lipinski definition) is 2. The zero-order valence-corrected chi connectivity index (χ0v) is 18.4. The van der Waals surface area contributed by atoms with E-state index in [0.29, 0.717) is 6.61 Å². The van der Waals surface area contributed by atoms with Gasteiger partial charge in [-0.15, -0.1) is 0 Å². The van der Waals surface area contributed by atoms with E-state index in [9.17, 15) is 5.11 Å². The molecule has 3 atom stereocenters. The lowest BCUT2D eigenvalue weighted by Gasteiger charge is -2.61. The van der Waals surface area contributed by atoms with Crippen LogP contribution in [0.4, 0.5) is 0 Å². The predicted molar refractivity (Wildman–Crippen MR) is 122 cm³/mol. The largest absolute Gasteiger partial charge is 0.489 e. The van der Waals surface area contributed by atoms with Crippen LogP contribution in [0.5, 0.6) is 5.75 Å². The summed E-state index contributed by atoms with van der Waals surface area (Å²) in [6, 6.07) is 17.3. The SMILES string of the molecule is O[C@@]12CCNCC[C@@]13CCN(CC1CC1)[C@@H]2Cc1ccc(OCc2ccccc2)cc13. The Bertz CT molecular complexity index is 944. The Morgan fingerprint density at radius 3 is 2.71 bits per heavy atom. The summed E-state index contributed by atoms with van der Waals surface area (Å²) in [5, 5.41) is 16.0. The van der Waals surface area contributed by atoms with Gasteiger partial charge >= 0.3 is 0 Å². The van der Waals surface area contributed by atoms with Crippen LogP contribution >= 0.6 is 0 Å². The molecule has 4 heteroatoms. The predicted octanol–water partition coefficient (Wildman–Crippen LogP) is 3.66. The van der Waals surface area contributed by atoms with E-state index < -0.39 is 5.60 Å². The molecule has 0 unspecified atom stereocenters. The van der Waals surface area contributed by atoms with E-state index in [0.717, 1.165) is 57.0 Å². The van der Waals surface area contributed by atoms with Crippen LogP contribution in [0.25, 0.3) is 0 Å². The molecule has 0 radical (unpaired) electrons. The zero-order chi connectivity index (χ0) is 20.9. The lowest BCUT2D eigenvalue weighted by Crippen LogP contribution is -2.71. The number of nitrogens with zero attached hydrogens (tertiary/aromatic N) is 1. The molecule has 2 aromatic carbocycles. The van der Waals surface area contributed by atoms with Gasteiger partial charge in [0.2, 0.25) is 0 Å². The van der Waals surface area contributed by atoms with Crippen LogP contribution in [0, 0.1) is 5.92 Å². The fraction of sp³-hybridized carbons (Fsp3) is 0.556. The number of aliphatic hydroxyl groups is 1. The quantitative estimate of drug-likeness (QED) is 0.778. The molecule has 6 rings (SSSR count). The van der Waals surface area contributed by atoms with E-state index in [-0.39, 0.29) is 11.5 Å². The molecule has 2 aliphatic carbocycles. The molecule has 2 saturated heterocycles. The van der Waals surface area contributed by atoms with E-state index in [1.54, 1.807) is 0 Å². The fourth-order valence-electron chi connectivity index (χ4n) is 6.65. The molecule has 0 amide bonds. The van der Waals surface area contributed by atoms with Crippen molar-refractivity contribution in [3.05, 3.63) is 65.2 Å². The summed E-state index contributed by atoms with van der Waals surface area (Å²) in [4.78, 5) is 2.64. The third kappa shape index (κ3) is 3.31. The number of benzene rings is 2. The lowest BCUT2D eigenvalue weighted by molar-refractivity contribution is -0.149. The Kier molecular flexibility index (Phi) is 4.86. The number of fused-ring (bicyclic) bond motifs is 1. The molecule has 164 valence electrons. The normalized spacial score (nSPS) is 32.6. The number of hydrogen-bond acceptors (Lipinski definition) is 4. The summed E-state index contributed by atoms with van der Waals surface area (Å²) in [6.07, 6.45) is 6.59. The second kappa shape index (κ2) is 7.61. The van der Waals surface area contributed by atoms with Gasteiger partial charge in [0.05, 0.1) is 5.60 Å². The van der Waals surface area contributed by atoms with Crippen molar-refractivity contribution >= 4 is 0 Å². The van der Waals surface area contributed by atoms with Crippen molar-refractivity contribution < 1.29 is 9.84 Å². The first kappa shape index (κ1) is 19.8. The fourth-order valence-corrected chi connectivity index (χ4v) is 6.65. The Hall–Kier alpha value is -1.88. The highest BCUT2D eigenvalue weighted by Gasteiger charge is 2.62. The minimum atomic E-state index is -0.658. The van der Waals surface area contributed by atoms with Gasteiger partial charge in [-0.2, -0.15) is 0 Å². The molecule has 2 aliphatic heterocycles. The summed E-state index contributed by atoms with van der Waals surface area (Å²) in [6.45, 7) is 4.75. The second-order valence-electron chi connectivity index (χ2n) is 10.3. The van der Waals surface area contributed by atoms with Gasteiger partial charge in [0.15, 0.2) is 0 Å². The molecule has 0 spiro atoms. The van der Waals surface area contributed by atoms with Crippen molar-refractivity contribution in [2.24, 2.45) is 5.92 Å². The average Bonchev–Trinajstić information content (AvgIpc) is 3.62. The molecule has 2 heterocycles. The van der Waals surface area contributed by atoms with Crippen LogP contribution in [0.15, 0.2) is 48.5 Å². The zero-order valence-electron chi connectivity index (χ0n) is 18.4. The highest BCUT2D eigenvalue weighted by Crippen LogP contribution is 2.56. The lowest BCUT2D eigenvalue weighted by atomic mass is 9.52. The molecule has 2 N–H and O–H groups in total. The molecule has 4 nitrogen and oxygen atoms in total. The maximum Gasteiger partial charge on any atom is 0.120 e. The summed E-state index contributed by atoms with van der Waals surface area (Å²) in [5.41, 5.74) is 3.13. The molecular formula is C27H34N2O2. The van der Waals surface area contributed by atoms with Crippen LogP contribution < -0.4 is 10.1 Å². The number of ether oxygens (including phenoxy) is 1. The number of nitrogens with one attached hydrogen (secondary N) is 1. The van der Waals surface area contributed by atoms with Crippen molar-refractivity contribution in [3.63, 3.8) is 0 Å². The molecule has 4 aliphatic rings. The minimum absolute atomic E-state index is 0.166. The van der Waals surface area contributed by atoms with Gasteiger partial charge in [-0.1, -0.05) is 36.4 Å². The monoisotopic (exact) mass is 418 g/mol. The first-order valence-corrected chi connectivity index (χ1v) is 12.2. The molecular weight excluding hydrogens is 384 g/mol. The summed E-state index contributed by atoms with van der Waals surface area (Å²) < 4.78 is 6.21. The number of piperidine rings is 1. The van der Waals surface area contributed by atoms with Crippen LogP contribution in [0.3, 0.4) is 0 Å². The molecule has 3 fully saturated rings. The van der Waals surface area contributed by atoms with Crippen molar-refractivity contribution in [2.75, 3.05) is 26.2 Å². The van der Waals surface area contributed by atoms with Crippen molar-refractivity contribution in [3.8, 4) is 5.75 Å². The Balaban J connectivity index is 1.35. The maximum absolute atomic E-state index is 12.4. The van der Waals surface area contributed by atoms with Gasteiger partial charge < -0.3 is 15.2 Å². The maximum atomic E-state index is 12.4. The van der Waals surface area contributed by atoms with Crippen molar-refractivity contribution in [1.82, 2.24) is 10.2 Å². The van der Waals surface area contributed by atoms with Gasteiger partial charge in [0.25, 0.3) is 0 Å². The molecule has 2 bridgehead atoms. The van der Waals surface area contributed by atoms with Crippen LogP contribution in [0.2, 0.25) is 0 Å². The molecule has 2 aromatic rings. The second-order valence-corrected chi connectivity index (χ2v) is 10.3. The highest BCUT2D eigenvalue weighted by molar-refractivity contribution is 5.48.